The van der Waals surface area contributed by atoms with E-state index in [1.807, 2.05) is 0 Å². The van der Waals surface area contributed by atoms with Gasteiger partial charge in [-0.1, -0.05) is 6.07 Å². The highest BCUT2D eigenvalue weighted by molar-refractivity contribution is 6.46. The summed E-state index contributed by atoms with van der Waals surface area (Å²) in [5.74, 6) is -2.59. The molecule has 1 aliphatic rings. The van der Waals surface area contributed by atoms with E-state index in [9.17, 15) is 24.2 Å². The lowest BCUT2D eigenvalue weighted by Gasteiger charge is -2.23. The molecule has 1 atom stereocenters. The fraction of sp³-hybridized carbons (Fsp3) is 0.167. The number of pyridine rings is 1. The smallest absolute Gasteiger partial charge is 0.295 e. The Bertz CT molecular complexity index is 834. The lowest BCUT2D eigenvalue weighted by Crippen LogP contribution is -2.32. The number of aromatic nitrogens is 1. The Kier molecular flexibility index (Phi) is 4.58. The van der Waals surface area contributed by atoms with Crippen molar-refractivity contribution in [2.75, 3.05) is 13.2 Å². The summed E-state index contributed by atoms with van der Waals surface area (Å²) in [6.45, 7) is -0.418. The van der Waals surface area contributed by atoms with Gasteiger partial charge >= 0.3 is 0 Å². The number of halogens is 1. The molecule has 0 unspecified atom stereocenters. The first-order valence-corrected chi connectivity index (χ1v) is 7.60. The summed E-state index contributed by atoms with van der Waals surface area (Å²) in [5.41, 5.74) is 0.465. The highest BCUT2D eigenvalue weighted by Gasteiger charge is 2.46. The standard InChI is InChI=1S/C18H15FN2O4/c19-12-6-4-11(5-7-12)16(23)14-15(13-3-1-2-8-20-13)21(9-10-22)18(25)17(14)24/h1-8,15,22-23H,9-10H2/t15-/m1/s1. The van der Waals surface area contributed by atoms with Crippen LogP contribution in [-0.2, 0) is 9.59 Å². The second kappa shape index (κ2) is 6.82. The fourth-order valence-electron chi connectivity index (χ4n) is 2.83. The van der Waals surface area contributed by atoms with Gasteiger partial charge in [0.1, 0.15) is 17.6 Å². The van der Waals surface area contributed by atoms with Gasteiger partial charge in [0, 0.05) is 18.3 Å². The van der Waals surface area contributed by atoms with Gasteiger partial charge in [0.15, 0.2) is 0 Å². The third-order valence-corrected chi connectivity index (χ3v) is 3.97. The van der Waals surface area contributed by atoms with Crippen LogP contribution in [-0.4, -0.2) is 44.9 Å². The molecule has 1 aromatic carbocycles. The Morgan fingerprint density at radius 2 is 1.88 bits per heavy atom. The number of carbonyl (C=O) groups excluding carboxylic acids is 2. The van der Waals surface area contributed by atoms with E-state index in [-0.39, 0.29) is 24.3 Å². The van der Waals surface area contributed by atoms with E-state index in [0.717, 1.165) is 12.1 Å². The summed E-state index contributed by atoms with van der Waals surface area (Å²) in [4.78, 5) is 30.1. The van der Waals surface area contributed by atoms with E-state index in [1.54, 1.807) is 18.2 Å². The van der Waals surface area contributed by atoms with Crippen LogP contribution in [0.3, 0.4) is 0 Å². The molecule has 7 heteroatoms. The summed E-state index contributed by atoms with van der Waals surface area (Å²) in [5, 5.41) is 19.8. The molecule has 128 valence electrons. The van der Waals surface area contributed by atoms with E-state index in [0.29, 0.717) is 5.69 Å². The van der Waals surface area contributed by atoms with Gasteiger partial charge in [-0.15, -0.1) is 0 Å². The second-order valence-electron chi connectivity index (χ2n) is 5.48. The number of ketones is 1. The van der Waals surface area contributed by atoms with Crippen molar-refractivity contribution in [2.45, 2.75) is 6.04 Å². The van der Waals surface area contributed by atoms with Crippen LogP contribution in [0, 0.1) is 5.82 Å². The molecule has 25 heavy (non-hydrogen) atoms. The Morgan fingerprint density at radius 1 is 1.16 bits per heavy atom. The van der Waals surface area contributed by atoms with Crippen molar-refractivity contribution in [1.82, 2.24) is 9.88 Å². The van der Waals surface area contributed by atoms with Gasteiger partial charge < -0.3 is 15.1 Å². The number of hydrogen-bond donors (Lipinski definition) is 2. The van der Waals surface area contributed by atoms with Crippen molar-refractivity contribution < 1.29 is 24.2 Å². The minimum Gasteiger partial charge on any atom is -0.507 e. The molecule has 3 rings (SSSR count). The minimum absolute atomic E-state index is 0.0774. The summed E-state index contributed by atoms with van der Waals surface area (Å²) < 4.78 is 13.1. The summed E-state index contributed by atoms with van der Waals surface area (Å²) in [6, 6.07) is 9.01. The Labute approximate surface area is 142 Å². The Balaban J connectivity index is 2.17. The molecule has 2 aromatic rings. The molecule has 2 heterocycles. The lowest BCUT2D eigenvalue weighted by atomic mass is 9.98. The van der Waals surface area contributed by atoms with Crippen molar-refractivity contribution >= 4 is 17.4 Å². The predicted molar refractivity (Wildman–Crippen MR) is 86.7 cm³/mol. The van der Waals surface area contributed by atoms with Gasteiger partial charge in [-0.3, -0.25) is 14.6 Å². The first-order valence-electron chi connectivity index (χ1n) is 7.60. The van der Waals surface area contributed by atoms with Crippen molar-refractivity contribution in [3.63, 3.8) is 0 Å². The number of benzene rings is 1. The summed E-state index contributed by atoms with van der Waals surface area (Å²) in [6.07, 6.45) is 1.51. The molecular weight excluding hydrogens is 327 g/mol. The number of aliphatic hydroxyl groups excluding tert-OH is 2. The maximum absolute atomic E-state index is 13.1. The van der Waals surface area contributed by atoms with Crippen LogP contribution in [0.5, 0.6) is 0 Å². The summed E-state index contributed by atoms with van der Waals surface area (Å²) in [7, 11) is 0. The fourth-order valence-corrected chi connectivity index (χ4v) is 2.83. The molecule has 0 spiro atoms. The van der Waals surface area contributed by atoms with Crippen LogP contribution in [0.4, 0.5) is 4.39 Å². The first kappa shape index (κ1) is 16.8. The molecule has 1 saturated heterocycles. The zero-order valence-electron chi connectivity index (χ0n) is 13.1. The maximum atomic E-state index is 13.1. The molecule has 2 N–H and O–H groups in total. The molecule has 1 aliphatic heterocycles. The number of Topliss-reactive ketones (excluding diaryl/α,β-unsaturated/α-hetero) is 1. The van der Waals surface area contributed by atoms with Crippen molar-refractivity contribution in [2.24, 2.45) is 0 Å². The second-order valence-corrected chi connectivity index (χ2v) is 5.48. The first-order chi connectivity index (χ1) is 12.0. The van der Waals surface area contributed by atoms with Crippen LogP contribution in [0.2, 0.25) is 0 Å². The SMILES string of the molecule is O=C1C(=O)N(CCO)[C@H](c2ccccn2)C1=C(O)c1ccc(F)cc1. The minimum atomic E-state index is -0.918. The highest BCUT2D eigenvalue weighted by atomic mass is 19.1. The van der Waals surface area contributed by atoms with Crippen LogP contribution in [0.25, 0.3) is 5.76 Å². The van der Waals surface area contributed by atoms with Gasteiger partial charge in [-0.25, -0.2) is 4.39 Å². The monoisotopic (exact) mass is 342 g/mol. The van der Waals surface area contributed by atoms with Crippen LogP contribution < -0.4 is 0 Å². The number of aliphatic hydroxyl groups is 2. The average molecular weight is 342 g/mol. The predicted octanol–water partition coefficient (Wildman–Crippen LogP) is 1.63. The number of β-amino-alcohol motifs (C(OH)–C–C–N with tert-alkyl or cyclic N) is 1. The Hall–Kier alpha value is -3.06. The molecule has 1 amide bonds. The van der Waals surface area contributed by atoms with E-state index in [4.69, 9.17) is 0 Å². The van der Waals surface area contributed by atoms with Crippen molar-refractivity contribution in [1.29, 1.82) is 0 Å². The number of nitrogens with zero attached hydrogens (tertiary/aromatic N) is 2. The van der Waals surface area contributed by atoms with Gasteiger partial charge in [-0.05, 0) is 36.4 Å². The lowest BCUT2D eigenvalue weighted by molar-refractivity contribution is -0.140. The van der Waals surface area contributed by atoms with Gasteiger partial charge in [-0.2, -0.15) is 0 Å². The number of rotatable bonds is 4. The van der Waals surface area contributed by atoms with Crippen LogP contribution in [0.1, 0.15) is 17.3 Å². The van der Waals surface area contributed by atoms with E-state index in [2.05, 4.69) is 4.98 Å². The summed E-state index contributed by atoms with van der Waals surface area (Å²) >= 11 is 0. The number of carbonyl (C=O) groups is 2. The van der Waals surface area contributed by atoms with Crippen LogP contribution in [0.15, 0.2) is 54.2 Å². The van der Waals surface area contributed by atoms with Crippen molar-refractivity contribution in [3.8, 4) is 0 Å². The molecule has 1 fully saturated rings. The molecule has 0 radical (unpaired) electrons. The third kappa shape index (κ3) is 3.01. The highest BCUT2D eigenvalue weighted by Crippen LogP contribution is 2.38. The topological polar surface area (TPSA) is 90.7 Å². The maximum Gasteiger partial charge on any atom is 0.295 e. The number of likely N-dealkylation sites (tertiary alicyclic amines) is 1. The van der Waals surface area contributed by atoms with E-state index in [1.165, 1.54) is 23.2 Å². The van der Waals surface area contributed by atoms with E-state index >= 15 is 0 Å². The Morgan fingerprint density at radius 3 is 2.48 bits per heavy atom. The van der Waals surface area contributed by atoms with E-state index < -0.39 is 29.3 Å². The van der Waals surface area contributed by atoms with Gasteiger partial charge in [0.25, 0.3) is 11.7 Å². The quantitative estimate of drug-likeness (QED) is 0.501. The molecule has 0 saturated carbocycles. The largest absolute Gasteiger partial charge is 0.507 e. The third-order valence-electron chi connectivity index (χ3n) is 3.97. The zero-order valence-corrected chi connectivity index (χ0v) is 13.1. The molecule has 0 aliphatic carbocycles. The van der Waals surface area contributed by atoms with Gasteiger partial charge in [0.2, 0.25) is 0 Å². The number of hydrogen-bond acceptors (Lipinski definition) is 5. The van der Waals surface area contributed by atoms with Crippen molar-refractivity contribution in [3.05, 3.63) is 71.3 Å². The molecule has 0 bridgehead atoms. The van der Waals surface area contributed by atoms with Gasteiger partial charge in [0.05, 0.1) is 17.9 Å². The number of amides is 1. The van der Waals surface area contributed by atoms with Crippen LogP contribution >= 0.6 is 0 Å². The molecule has 1 aromatic heterocycles. The zero-order chi connectivity index (χ0) is 18.0. The average Bonchev–Trinajstić information content (AvgIpc) is 2.88. The normalized spacial score (nSPS) is 19.4. The molecule has 6 nitrogen and oxygen atoms in total. The molecular formula is C18H15FN2O4.